The first kappa shape index (κ1) is 14.5. The summed E-state index contributed by atoms with van der Waals surface area (Å²) in [7, 11) is 0. The molecule has 2 aromatic carbocycles. The summed E-state index contributed by atoms with van der Waals surface area (Å²) in [5, 5.41) is 12.8. The second-order valence-electron chi connectivity index (χ2n) is 5.33. The molecule has 0 bridgehead atoms. The zero-order valence-electron chi connectivity index (χ0n) is 11.8. The van der Waals surface area contributed by atoms with Crippen LogP contribution in [-0.2, 0) is 6.54 Å². The second-order valence-corrected chi connectivity index (χ2v) is 5.33. The number of phenols is 1. The number of aromatic hydroxyl groups is 1. The van der Waals surface area contributed by atoms with Crippen molar-refractivity contribution >= 4 is 0 Å². The fourth-order valence-electron chi connectivity index (χ4n) is 2.36. The van der Waals surface area contributed by atoms with Crippen molar-refractivity contribution in [1.29, 1.82) is 0 Å². The van der Waals surface area contributed by atoms with E-state index in [1.54, 1.807) is 6.07 Å². The molecular weight excluding hydrogens is 253 g/mol. The van der Waals surface area contributed by atoms with Crippen LogP contribution in [0.2, 0.25) is 0 Å². The standard InChI is InChI=1S/C17H20FNO/c1-12(2)17(14-6-4-3-5-7-14)19-11-13-8-15(18)10-16(20)9-13/h3-10,12,17,19-20H,11H2,1-2H3. The Kier molecular flexibility index (Phi) is 4.74. The summed E-state index contributed by atoms with van der Waals surface area (Å²) >= 11 is 0. The van der Waals surface area contributed by atoms with Gasteiger partial charge in [-0.15, -0.1) is 0 Å². The predicted octanol–water partition coefficient (Wildman–Crippen LogP) is 4.02. The van der Waals surface area contributed by atoms with Gasteiger partial charge < -0.3 is 10.4 Å². The molecule has 0 radical (unpaired) electrons. The maximum absolute atomic E-state index is 13.2. The fourth-order valence-corrected chi connectivity index (χ4v) is 2.36. The van der Waals surface area contributed by atoms with Gasteiger partial charge in [0, 0.05) is 18.7 Å². The number of hydrogen-bond acceptors (Lipinski definition) is 2. The van der Waals surface area contributed by atoms with Gasteiger partial charge in [-0.1, -0.05) is 44.2 Å². The van der Waals surface area contributed by atoms with E-state index in [9.17, 15) is 9.50 Å². The quantitative estimate of drug-likeness (QED) is 0.862. The molecule has 1 unspecified atom stereocenters. The van der Waals surface area contributed by atoms with Crippen molar-refractivity contribution in [3.8, 4) is 5.75 Å². The van der Waals surface area contributed by atoms with Gasteiger partial charge in [-0.05, 0) is 29.2 Å². The molecule has 2 aromatic rings. The van der Waals surface area contributed by atoms with Crippen LogP contribution >= 0.6 is 0 Å². The summed E-state index contributed by atoms with van der Waals surface area (Å²) in [4.78, 5) is 0. The minimum atomic E-state index is -0.414. The van der Waals surface area contributed by atoms with Gasteiger partial charge >= 0.3 is 0 Å². The lowest BCUT2D eigenvalue weighted by molar-refractivity contribution is 0.409. The van der Waals surface area contributed by atoms with E-state index in [2.05, 4.69) is 31.3 Å². The summed E-state index contributed by atoms with van der Waals surface area (Å²) in [6, 6.07) is 14.5. The van der Waals surface area contributed by atoms with Gasteiger partial charge in [0.15, 0.2) is 0 Å². The molecule has 0 aromatic heterocycles. The van der Waals surface area contributed by atoms with Gasteiger partial charge in [-0.2, -0.15) is 0 Å². The summed E-state index contributed by atoms with van der Waals surface area (Å²) in [5.41, 5.74) is 1.95. The van der Waals surface area contributed by atoms with E-state index < -0.39 is 5.82 Å². The number of nitrogens with one attached hydrogen (secondary N) is 1. The van der Waals surface area contributed by atoms with Crippen LogP contribution < -0.4 is 5.32 Å². The van der Waals surface area contributed by atoms with Crippen molar-refractivity contribution in [3.05, 3.63) is 65.5 Å². The molecule has 0 heterocycles. The molecule has 0 saturated carbocycles. The van der Waals surface area contributed by atoms with E-state index in [4.69, 9.17) is 0 Å². The molecule has 0 aliphatic heterocycles. The van der Waals surface area contributed by atoms with Gasteiger partial charge in [-0.3, -0.25) is 0 Å². The van der Waals surface area contributed by atoms with Gasteiger partial charge in [0.2, 0.25) is 0 Å². The molecule has 2 rings (SSSR count). The summed E-state index contributed by atoms with van der Waals surface area (Å²) in [6.07, 6.45) is 0. The Morgan fingerprint density at radius 3 is 2.40 bits per heavy atom. The topological polar surface area (TPSA) is 32.3 Å². The number of rotatable bonds is 5. The fraction of sp³-hybridized carbons (Fsp3) is 0.294. The highest BCUT2D eigenvalue weighted by Gasteiger charge is 2.14. The van der Waals surface area contributed by atoms with Crippen LogP contribution in [-0.4, -0.2) is 5.11 Å². The smallest absolute Gasteiger partial charge is 0.127 e. The van der Waals surface area contributed by atoms with Crippen LogP contribution in [0.3, 0.4) is 0 Å². The van der Waals surface area contributed by atoms with Crippen molar-refractivity contribution in [2.75, 3.05) is 0 Å². The molecule has 0 fully saturated rings. The Balaban J connectivity index is 2.10. The normalized spacial score (nSPS) is 12.6. The molecule has 1 atom stereocenters. The van der Waals surface area contributed by atoms with Crippen LogP contribution in [0, 0.1) is 11.7 Å². The SMILES string of the molecule is CC(C)C(NCc1cc(O)cc(F)c1)c1ccccc1. The minimum Gasteiger partial charge on any atom is -0.508 e. The molecule has 0 spiro atoms. The molecule has 3 heteroatoms. The van der Waals surface area contributed by atoms with Crippen molar-refractivity contribution in [1.82, 2.24) is 5.32 Å². The maximum atomic E-state index is 13.2. The molecule has 0 saturated heterocycles. The third-order valence-electron chi connectivity index (χ3n) is 3.29. The number of benzene rings is 2. The summed E-state index contributed by atoms with van der Waals surface area (Å²) in [6.45, 7) is 4.81. The molecule has 2 nitrogen and oxygen atoms in total. The average molecular weight is 273 g/mol. The maximum Gasteiger partial charge on any atom is 0.127 e. The summed E-state index contributed by atoms with van der Waals surface area (Å²) in [5.74, 6) is -0.0372. The monoisotopic (exact) mass is 273 g/mol. The molecule has 0 aliphatic rings. The van der Waals surface area contributed by atoms with Crippen LogP contribution in [0.4, 0.5) is 4.39 Å². The van der Waals surface area contributed by atoms with E-state index in [1.165, 1.54) is 11.6 Å². The average Bonchev–Trinajstić information content (AvgIpc) is 2.38. The van der Waals surface area contributed by atoms with Crippen LogP contribution in [0.5, 0.6) is 5.75 Å². The van der Waals surface area contributed by atoms with Gasteiger partial charge in [-0.25, -0.2) is 4.39 Å². The van der Waals surface area contributed by atoms with E-state index in [-0.39, 0.29) is 11.8 Å². The third kappa shape index (κ3) is 3.81. The van der Waals surface area contributed by atoms with Gasteiger partial charge in [0.05, 0.1) is 0 Å². The van der Waals surface area contributed by atoms with E-state index in [0.29, 0.717) is 12.5 Å². The Morgan fingerprint density at radius 1 is 1.10 bits per heavy atom. The van der Waals surface area contributed by atoms with Crippen molar-refractivity contribution in [2.45, 2.75) is 26.4 Å². The van der Waals surface area contributed by atoms with Crippen molar-refractivity contribution < 1.29 is 9.50 Å². The first-order chi connectivity index (χ1) is 9.56. The first-order valence-electron chi connectivity index (χ1n) is 6.83. The molecule has 20 heavy (non-hydrogen) atoms. The van der Waals surface area contributed by atoms with E-state index >= 15 is 0 Å². The molecule has 2 N–H and O–H groups in total. The molecule has 106 valence electrons. The lowest BCUT2D eigenvalue weighted by Gasteiger charge is -2.23. The van der Waals surface area contributed by atoms with Crippen LogP contribution in [0.15, 0.2) is 48.5 Å². The minimum absolute atomic E-state index is 0.0393. The van der Waals surface area contributed by atoms with Crippen molar-refractivity contribution in [3.63, 3.8) is 0 Å². The predicted molar refractivity (Wildman–Crippen MR) is 78.9 cm³/mol. The Bertz CT molecular complexity index is 534. The highest BCUT2D eigenvalue weighted by Crippen LogP contribution is 2.22. The first-order valence-corrected chi connectivity index (χ1v) is 6.83. The third-order valence-corrected chi connectivity index (χ3v) is 3.29. The largest absolute Gasteiger partial charge is 0.508 e. The zero-order valence-corrected chi connectivity index (χ0v) is 11.8. The highest BCUT2D eigenvalue weighted by molar-refractivity contribution is 5.28. The Hall–Kier alpha value is -1.87. The van der Waals surface area contributed by atoms with Crippen LogP contribution in [0.1, 0.15) is 31.0 Å². The van der Waals surface area contributed by atoms with Gasteiger partial charge in [0.25, 0.3) is 0 Å². The van der Waals surface area contributed by atoms with E-state index in [0.717, 1.165) is 11.6 Å². The number of hydrogen-bond donors (Lipinski definition) is 2. The Labute approximate surface area is 119 Å². The number of halogens is 1. The lowest BCUT2D eigenvalue weighted by atomic mass is 9.96. The second kappa shape index (κ2) is 6.53. The summed E-state index contributed by atoms with van der Waals surface area (Å²) < 4.78 is 13.2. The highest BCUT2D eigenvalue weighted by atomic mass is 19.1. The number of phenolic OH excluding ortho intramolecular Hbond substituents is 1. The lowest BCUT2D eigenvalue weighted by Crippen LogP contribution is -2.25. The van der Waals surface area contributed by atoms with Crippen LogP contribution in [0.25, 0.3) is 0 Å². The zero-order chi connectivity index (χ0) is 14.5. The molecule has 0 aliphatic carbocycles. The molecular formula is C17H20FNO. The van der Waals surface area contributed by atoms with E-state index in [1.807, 2.05) is 18.2 Å². The Morgan fingerprint density at radius 2 is 1.80 bits per heavy atom. The van der Waals surface area contributed by atoms with Gasteiger partial charge in [0.1, 0.15) is 11.6 Å². The van der Waals surface area contributed by atoms with Crippen molar-refractivity contribution in [2.24, 2.45) is 5.92 Å². The molecule has 0 amide bonds.